The molecule has 1 aromatic carbocycles. The molecular weight excluding hydrogens is 437 g/mol. The fourth-order valence-electron chi connectivity index (χ4n) is 4.70. The van der Waals surface area contributed by atoms with Gasteiger partial charge < -0.3 is 20.5 Å². The molecule has 1 saturated heterocycles. The zero-order valence-corrected chi connectivity index (χ0v) is 19.4. The van der Waals surface area contributed by atoms with Gasteiger partial charge in [-0.25, -0.2) is 19.2 Å². The molecule has 8 nitrogen and oxygen atoms in total. The number of nitrogens with two attached hydrogens (primary N) is 1. The Labute approximate surface area is 197 Å². The average Bonchev–Trinajstić information content (AvgIpc) is 3.24. The van der Waals surface area contributed by atoms with E-state index in [9.17, 15) is 14.3 Å². The quantitative estimate of drug-likeness (QED) is 0.560. The first-order valence-corrected chi connectivity index (χ1v) is 11.1. The van der Waals surface area contributed by atoms with Crippen molar-refractivity contribution in [1.29, 1.82) is 0 Å². The van der Waals surface area contributed by atoms with E-state index in [1.807, 2.05) is 26.8 Å². The molecule has 0 saturated carbocycles. The van der Waals surface area contributed by atoms with Crippen LogP contribution < -0.4 is 10.5 Å². The van der Waals surface area contributed by atoms with Gasteiger partial charge in [0.2, 0.25) is 5.88 Å². The molecule has 3 heterocycles. The molecule has 3 N–H and O–H groups in total. The van der Waals surface area contributed by atoms with Gasteiger partial charge in [-0.1, -0.05) is 26.8 Å². The minimum Gasteiger partial charge on any atom is -0.477 e. The Bertz CT molecular complexity index is 1180. The number of nitrogens with zero attached hydrogens (tertiary/aromatic N) is 4. The summed E-state index contributed by atoms with van der Waals surface area (Å²) in [5.74, 6) is 0.213. The van der Waals surface area contributed by atoms with E-state index in [2.05, 4.69) is 15.0 Å². The molecule has 3 aromatic rings. The Morgan fingerprint density at radius 3 is 2.65 bits per heavy atom. The highest BCUT2D eigenvalue weighted by Gasteiger charge is 2.44. The summed E-state index contributed by atoms with van der Waals surface area (Å²) >= 11 is 0. The molecule has 34 heavy (non-hydrogen) atoms. The third-order valence-corrected chi connectivity index (χ3v) is 6.09. The summed E-state index contributed by atoms with van der Waals surface area (Å²) in [6.45, 7) is 6.90. The monoisotopic (exact) mass is 465 g/mol. The number of benzene rings is 1. The maximum absolute atomic E-state index is 15.0. The average molecular weight is 466 g/mol. The summed E-state index contributed by atoms with van der Waals surface area (Å²) in [6.07, 6.45) is 4.23. The summed E-state index contributed by atoms with van der Waals surface area (Å²) < 4.78 is 21.1. The first kappa shape index (κ1) is 23.4. The van der Waals surface area contributed by atoms with Gasteiger partial charge in [-0.05, 0) is 41.7 Å². The van der Waals surface area contributed by atoms with Gasteiger partial charge in [0.05, 0.1) is 24.7 Å². The summed E-state index contributed by atoms with van der Waals surface area (Å²) in [5, 5.41) is 9.61. The highest BCUT2D eigenvalue weighted by Crippen LogP contribution is 2.38. The lowest BCUT2D eigenvalue weighted by atomic mass is 9.80. The molecule has 0 spiro atoms. The second-order valence-electron chi connectivity index (χ2n) is 9.52. The number of likely N-dealkylation sites (tertiary alicyclic amines) is 1. The number of hydrogen-bond donors (Lipinski definition) is 2. The molecule has 0 aliphatic carbocycles. The predicted molar refractivity (Wildman–Crippen MR) is 127 cm³/mol. The van der Waals surface area contributed by atoms with Gasteiger partial charge in [0, 0.05) is 35.8 Å². The number of carboxylic acid groups (broad SMARTS) is 1. The second-order valence-corrected chi connectivity index (χ2v) is 9.52. The van der Waals surface area contributed by atoms with Crippen LogP contribution in [-0.4, -0.2) is 50.2 Å². The van der Waals surface area contributed by atoms with E-state index >= 15 is 0 Å². The number of hydrogen-bond acceptors (Lipinski definition) is 6. The zero-order chi connectivity index (χ0) is 24.5. The Balaban J connectivity index is 1.56. The molecule has 0 radical (unpaired) electrons. The normalized spacial score (nSPS) is 18.2. The lowest BCUT2D eigenvalue weighted by Crippen LogP contribution is -2.46. The second kappa shape index (κ2) is 9.24. The van der Waals surface area contributed by atoms with Crippen molar-refractivity contribution in [1.82, 2.24) is 19.9 Å². The van der Waals surface area contributed by atoms with E-state index in [4.69, 9.17) is 10.5 Å². The maximum atomic E-state index is 15.0. The third kappa shape index (κ3) is 4.78. The zero-order valence-electron chi connectivity index (χ0n) is 19.4. The lowest BCUT2D eigenvalue weighted by molar-refractivity contribution is 0.0781. The van der Waals surface area contributed by atoms with Crippen LogP contribution in [0, 0.1) is 17.2 Å². The fraction of sp³-hybridized carbons (Fsp3) is 0.360. The predicted octanol–water partition coefficient (Wildman–Crippen LogP) is 4.72. The molecular formula is C25H28FN5O3. The molecule has 0 bridgehead atoms. The van der Waals surface area contributed by atoms with Crippen LogP contribution in [0.4, 0.5) is 15.0 Å². The minimum absolute atomic E-state index is 0.0224. The molecule has 1 fully saturated rings. The van der Waals surface area contributed by atoms with Gasteiger partial charge >= 0.3 is 6.09 Å². The molecule has 1 amide bonds. The number of aromatic nitrogens is 3. The number of anilines is 1. The van der Waals surface area contributed by atoms with Crippen LogP contribution >= 0.6 is 0 Å². The molecule has 2 unspecified atom stereocenters. The number of amides is 1. The van der Waals surface area contributed by atoms with Crippen LogP contribution in [-0.2, 0) is 0 Å². The summed E-state index contributed by atoms with van der Waals surface area (Å²) in [5.41, 5.74) is 7.29. The first-order valence-electron chi connectivity index (χ1n) is 11.1. The number of halogens is 1. The molecule has 2 aromatic heterocycles. The van der Waals surface area contributed by atoms with Crippen molar-refractivity contribution in [3.8, 4) is 28.3 Å². The van der Waals surface area contributed by atoms with Gasteiger partial charge in [0.25, 0.3) is 0 Å². The first-order chi connectivity index (χ1) is 16.1. The Morgan fingerprint density at radius 2 is 2.00 bits per heavy atom. The molecule has 2 atom stereocenters. The SMILES string of the molecule is CC(C)(C)C1C(COc2ncccc2-c2ccc(-c3cnc(N)cn3)c(F)c2)CCN1C(=O)O. The van der Waals surface area contributed by atoms with Crippen LogP contribution in [0.15, 0.2) is 48.9 Å². The fourth-order valence-corrected chi connectivity index (χ4v) is 4.70. The standard InChI is InChI=1S/C25H28FN5O3/c1-25(2,3)22-16(8-10-31(22)24(32)33)14-34-23-17(5-4-9-28-23)15-6-7-18(19(26)11-15)20-12-30-21(27)13-29-20/h4-7,9,11-13,16,22H,8,10,14H2,1-3H3,(H2,27,30)(H,32,33). The topological polar surface area (TPSA) is 114 Å². The van der Waals surface area contributed by atoms with Crippen LogP contribution in [0.5, 0.6) is 5.88 Å². The summed E-state index contributed by atoms with van der Waals surface area (Å²) in [7, 11) is 0. The van der Waals surface area contributed by atoms with Crippen molar-refractivity contribution >= 4 is 11.9 Å². The highest BCUT2D eigenvalue weighted by atomic mass is 19.1. The van der Waals surface area contributed by atoms with Gasteiger partial charge in [0.1, 0.15) is 11.6 Å². The van der Waals surface area contributed by atoms with Gasteiger partial charge in [-0.3, -0.25) is 4.98 Å². The van der Waals surface area contributed by atoms with Crippen molar-refractivity contribution in [3.05, 3.63) is 54.7 Å². The van der Waals surface area contributed by atoms with Crippen LogP contribution in [0.3, 0.4) is 0 Å². The molecule has 4 rings (SSSR count). The van der Waals surface area contributed by atoms with Crippen LogP contribution in [0.25, 0.3) is 22.4 Å². The molecule has 1 aliphatic heterocycles. The van der Waals surface area contributed by atoms with E-state index in [0.717, 1.165) is 0 Å². The number of nitrogen functional groups attached to an aromatic ring is 1. The smallest absolute Gasteiger partial charge is 0.407 e. The van der Waals surface area contributed by atoms with Gasteiger partial charge in [-0.15, -0.1) is 0 Å². The van der Waals surface area contributed by atoms with E-state index in [1.165, 1.54) is 23.4 Å². The molecule has 1 aliphatic rings. The molecule has 9 heteroatoms. The Kier molecular flexibility index (Phi) is 6.37. The maximum Gasteiger partial charge on any atom is 0.407 e. The van der Waals surface area contributed by atoms with Gasteiger partial charge in [-0.2, -0.15) is 0 Å². The lowest BCUT2D eigenvalue weighted by Gasteiger charge is -2.37. The van der Waals surface area contributed by atoms with Gasteiger partial charge in [0.15, 0.2) is 0 Å². The summed E-state index contributed by atoms with van der Waals surface area (Å²) in [4.78, 5) is 25.7. The van der Waals surface area contributed by atoms with E-state index < -0.39 is 11.9 Å². The minimum atomic E-state index is -0.915. The van der Waals surface area contributed by atoms with E-state index in [-0.39, 0.29) is 23.2 Å². The largest absolute Gasteiger partial charge is 0.477 e. The van der Waals surface area contributed by atoms with E-state index in [1.54, 1.807) is 24.4 Å². The summed E-state index contributed by atoms with van der Waals surface area (Å²) in [6, 6.07) is 8.24. The third-order valence-electron chi connectivity index (χ3n) is 6.09. The van der Waals surface area contributed by atoms with Crippen molar-refractivity contribution in [2.45, 2.75) is 33.2 Å². The number of pyridine rings is 1. The van der Waals surface area contributed by atoms with Crippen LogP contribution in [0.1, 0.15) is 27.2 Å². The Hall–Kier alpha value is -3.75. The number of ether oxygens (including phenoxy) is 1. The van der Waals surface area contributed by atoms with E-state index in [0.29, 0.717) is 47.8 Å². The highest BCUT2D eigenvalue weighted by molar-refractivity contribution is 5.72. The van der Waals surface area contributed by atoms with Crippen molar-refractivity contribution < 1.29 is 19.0 Å². The molecule has 178 valence electrons. The number of rotatable bonds is 5. The van der Waals surface area contributed by atoms with Crippen LogP contribution in [0.2, 0.25) is 0 Å². The Morgan fingerprint density at radius 1 is 1.21 bits per heavy atom. The number of carbonyl (C=O) groups is 1. The van der Waals surface area contributed by atoms with Crippen molar-refractivity contribution in [2.75, 3.05) is 18.9 Å². The van der Waals surface area contributed by atoms with Crippen molar-refractivity contribution in [2.24, 2.45) is 11.3 Å². The van der Waals surface area contributed by atoms with Crippen molar-refractivity contribution in [3.63, 3.8) is 0 Å².